The highest BCUT2D eigenvalue weighted by atomic mass is 16.5. The lowest BCUT2D eigenvalue weighted by atomic mass is 10.0. The van der Waals surface area contributed by atoms with Crippen LogP contribution in [0.3, 0.4) is 0 Å². The fraction of sp³-hybridized carbons (Fsp3) is 0.278. The van der Waals surface area contributed by atoms with Crippen LogP contribution in [0.25, 0.3) is 0 Å². The predicted octanol–water partition coefficient (Wildman–Crippen LogP) is 2.77. The molecule has 1 unspecified atom stereocenters. The number of nitrogens with zero attached hydrogens (tertiary/aromatic N) is 2. The number of aromatic carboxylic acids is 1. The molecule has 1 aliphatic heterocycles. The van der Waals surface area contributed by atoms with Gasteiger partial charge in [-0.3, -0.25) is 4.79 Å². The maximum Gasteiger partial charge on any atom is 0.354 e. The second kappa shape index (κ2) is 6.70. The second-order valence-corrected chi connectivity index (χ2v) is 5.67. The lowest BCUT2D eigenvalue weighted by Gasteiger charge is -2.25. The molecule has 6 nitrogen and oxygen atoms in total. The number of pyridine rings is 1. The molecule has 0 aliphatic carbocycles. The van der Waals surface area contributed by atoms with Crippen molar-refractivity contribution in [3.63, 3.8) is 0 Å². The highest BCUT2D eigenvalue weighted by Crippen LogP contribution is 2.33. The normalized spacial score (nSPS) is 16.9. The number of benzene rings is 1. The molecule has 24 heavy (non-hydrogen) atoms. The minimum atomic E-state index is -1.11. The van der Waals surface area contributed by atoms with Gasteiger partial charge in [0.25, 0.3) is 5.91 Å². The van der Waals surface area contributed by atoms with E-state index in [9.17, 15) is 9.59 Å². The molecule has 6 heteroatoms. The molecule has 1 fully saturated rings. The first-order chi connectivity index (χ1) is 11.6. The summed E-state index contributed by atoms with van der Waals surface area (Å²) in [5.41, 5.74) is 1.40. The van der Waals surface area contributed by atoms with Crippen LogP contribution in [0.5, 0.6) is 5.75 Å². The summed E-state index contributed by atoms with van der Waals surface area (Å²) in [6, 6.07) is 10.6. The summed E-state index contributed by atoms with van der Waals surface area (Å²) in [5.74, 6) is -0.452. The van der Waals surface area contributed by atoms with E-state index in [1.54, 1.807) is 7.11 Å². The van der Waals surface area contributed by atoms with Crippen molar-refractivity contribution in [2.75, 3.05) is 13.7 Å². The Kier molecular flexibility index (Phi) is 4.46. The van der Waals surface area contributed by atoms with E-state index in [1.165, 1.54) is 18.3 Å². The Balaban J connectivity index is 1.81. The molecule has 0 saturated carbocycles. The van der Waals surface area contributed by atoms with Gasteiger partial charge in [0, 0.05) is 12.7 Å². The minimum Gasteiger partial charge on any atom is -0.497 e. The number of amides is 1. The molecule has 2 aromatic rings. The van der Waals surface area contributed by atoms with Crippen molar-refractivity contribution < 1.29 is 19.4 Å². The summed E-state index contributed by atoms with van der Waals surface area (Å²) in [7, 11) is 1.62. The summed E-state index contributed by atoms with van der Waals surface area (Å²) >= 11 is 0. The summed E-state index contributed by atoms with van der Waals surface area (Å²) in [6.07, 6.45) is 3.16. The molecule has 1 amide bonds. The first kappa shape index (κ1) is 16.0. The van der Waals surface area contributed by atoms with Crippen LogP contribution >= 0.6 is 0 Å². The third-order valence-corrected chi connectivity index (χ3v) is 4.24. The number of methoxy groups -OCH3 is 1. The molecule has 1 aromatic carbocycles. The molecule has 1 aliphatic rings. The van der Waals surface area contributed by atoms with E-state index in [4.69, 9.17) is 9.84 Å². The highest BCUT2D eigenvalue weighted by molar-refractivity contribution is 5.95. The number of aromatic nitrogens is 1. The van der Waals surface area contributed by atoms with Crippen LogP contribution in [0.15, 0.2) is 42.6 Å². The Bertz CT molecular complexity index is 741. The first-order valence-corrected chi connectivity index (χ1v) is 7.74. The largest absolute Gasteiger partial charge is 0.497 e. The van der Waals surface area contributed by atoms with Gasteiger partial charge in [0.05, 0.1) is 18.7 Å². The molecule has 1 N–H and O–H groups in total. The molecule has 2 heterocycles. The summed E-state index contributed by atoms with van der Waals surface area (Å²) in [6.45, 7) is 0.677. The smallest absolute Gasteiger partial charge is 0.354 e. The average Bonchev–Trinajstić information content (AvgIpc) is 3.11. The average molecular weight is 326 g/mol. The van der Waals surface area contributed by atoms with Gasteiger partial charge in [-0.05, 0) is 42.7 Å². The van der Waals surface area contributed by atoms with E-state index in [1.807, 2.05) is 29.2 Å². The first-order valence-electron chi connectivity index (χ1n) is 7.74. The van der Waals surface area contributed by atoms with Crippen LogP contribution in [0.2, 0.25) is 0 Å². The lowest BCUT2D eigenvalue weighted by Crippen LogP contribution is -2.30. The number of carboxylic acid groups (broad SMARTS) is 1. The number of hydrogen-bond acceptors (Lipinski definition) is 4. The fourth-order valence-electron chi connectivity index (χ4n) is 3.00. The Hall–Kier alpha value is -2.89. The molecule has 124 valence electrons. The van der Waals surface area contributed by atoms with E-state index >= 15 is 0 Å². The van der Waals surface area contributed by atoms with Gasteiger partial charge < -0.3 is 14.7 Å². The number of likely N-dealkylation sites (tertiary alicyclic amines) is 1. The third-order valence-electron chi connectivity index (χ3n) is 4.24. The quantitative estimate of drug-likeness (QED) is 0.934. The molecule has 1 aromatic heterocycles. The molecule has 1 atom stereocenters. The van der Waals surface area contributed by atoms with Crippen molar-refractivity contribution in [1.82, 2.24) is 9.88 Å². The summed E-state index contributed by atoms with van der Waals surface area (Å²) < 4.78 is 5.17. The van der Waals surface area contributed by atoms with Gasteiger partial charge in [0.2, 0.25) is 0 Å². The number of ether oxygens (including phenoxy) is 1. The molecular formula is C18H18N2O4. The Morgan fingerprint density at radius 2 is 1.96 bits per heavy atom. The van der Waals surface area contributed by atoms with Crippen LogP contribution in [-0.4, -0.2) is 40.5 Å². The lowest BCUT2D eigenvalue weighted by molar-refractivity contribution is 0.0685. The third kappa shape index (κ3) is 3.08. The Labute approximate surface area is 139 Å². The molecule has 0 radical (unpaired) electrons. The molecule has 0 bridgehead atoms. The van der Waals surface area contributed by atoms with E-state index in [0.29, 0.717) is 12.1 Å². The van der Waals surface area contributed by atoms with E-state index in [-0.39, 0.29) is 17.6 Å². The van der Waals surface area contributed by atoms with Gasteiger partial charge in [-0.2, -0.15) is 0 Å². The number of carbonyl (C=O) groups excluding carboxylic acids is 1. The zero-order chi connectivity index (χ0) is 17.1. The van der Waals surface area contributed by atoms with Gasteiger partial charge >= 0.3 is 5.97 Å². The van der Waals surface area contributed by atoms with Gasteiger partial charge in [0.1, 0.15) is 11.4 Å². The zero-order valence-corrected chi connectivity index (χ0v) is 13.3. The topological polar surface area (TPSA) is 79.7 Å². The van der Waals surface area contributed by atoms with Crippen LogP contribution in [-0.2, 0) is 0 Å². The van der Waals surface area contributed by atoms with Crippen molar-refractivity contribution in [1.29, 1.82) is 0 Å². The summed E-state index contributed by atoms with van der Waals surface area (Å²) in [5, 5.41) is 8.89. The van der Waals surface area contributed by atoms with Crippen molar-refractivity contribution in [2.24, 2.45) is 0 Å². The fourth-order valence-corrected chi connectivity index (χ4v) is 3.00. The standard InChI is InChI=1S/C18H18N2O4/c1-24-14-7-4-12(5-8-14)16-3-2-10-20(16)17(21)13-6-9-15(18(22)23)19-11-13/h4-9,11,16H,2-3,10H2,1H3,(H,22,23). The predicted molar refractivity (Wildman–Crippen MR) is 87.2 cm³/mol. The summed E-state index contributed by atoms with van der Waals surface area (Å²) in [4.78, 5) is 29.3. The highest BCUT2D eigenvalue weighted by Gasteiger charge is 2.30. The van der Waals surface area contributed by atoms with E-state index in [2.05, 4.69) is 4.98 Å². The van der Waals surface area contributed by atoms with Crippen molar-refractivity contribution in [2.45, 2.75) is 18.9 Å². The van der Waals surface area contributed by atoms with Crippen molar-refractivity contribution in [3.8, 4) is 5.75 Å². The van der Waals surface area contributed by atoms with E-state index < -0.39 is 5.97 Å². The molecule has 3 rings (SSSR count). The second-order valence-electron chi connectivity index (χ2n) is 5.67. The maximum atomic E-state index is 12.7. The van der Waals surface area contributed by atoms with Crippen LogP contribution < -0.4 is 4.74 Å². The minimum absolute atomic E-state index is 0.0163. The van der Waals surface area contributed by atoms with Gasteiger partial charge in [0.15, 0.2) is 0 Å². The number of carbonyl (C=O) groups is 2. The SMILES string of the molecule is COc1ccc(C2CCCN2C(=O)c2ccc(C(=O)O)nc2)cc1. The van der Waals surface area contributed by atoms with Crippen molar-refractivity contribution in [3.05, 3.63) is 59.4 Å². The molecule has 1 saturated heterocycles. The van der Waals surface area contributed by atoms with Gasteiger partial charge in [-0.25, -0.2) is 9.78 Å². The Morgan fingerprint density at radius 1 is 1.21 bits per heavy atom. The van der Waals surface area contributed by atoms with Crippen LogP contribution in [0.4, 0.5) is 0 Å². The molecular weight excluding hydrogens is 308 g/mol. The number of hydrogen-bond donors (Lipinski definition) is 1. The van der Waals surface area contributed by atoms with Crippen LogP contribution in [0.1, 0.15) is 45.3 Å². The maximum absolute atomic E-state index is 12.7. The van der Waals surface area contributed by atoms with Crippen molar-refractivity contribution >= 4 is 11.9 Å². The zero-order valence-electron chi connectivity index (χ0n) is 13.3. The Morgan fingerprint density at radius 3 is 2.54 bits per heavy atom. The van der Waals surface area contributed by atoms with Gasteiger partial charge in [-0.15, -0.1) is 0 Å². The monoisotopic (exact) mass is 326 g/mol. The number of rotatable bonds is 4. The van der Waals surface area contributed by atoms with Gasteiger partial charge in [-0.1, -0.05) is 12.1 Å². The number of carboxylic acids is 1. The molecule has 0 spiro atoms. The van der Waals surface area contributed by atoms with Crippen LogP contribution in [0, 0.1) is 0 Å². The van der Waals surface area contributed by atoms with E-state index in [0.717, 1.165) is 24.2 Å².